The van der Waals surface area contributed by atoms with Gasteiger partial charge >= 0.3 is 7.82 Å². The number of hydrogen-bond donors (Lipinski definition) is 3. The van der Waals surface area contributed by atoms with Crippen molar-refractivity contribution in [1.82, 2.24) is 14.5 Å². The van der Waals surface area contributed by atoms with Crippen molar-refractivity contribution in [2.45, 2.75) is 25.0 Å². The van der Waals surface area contributed by atoms with Crippen LogP contribution in [0, 0.1) is 0 Å². The van der Waals surface area contributed by atoms with Gasteiger partial charge in [-0.3, -0.25) is 4.90 Å². The van der Waals surface area contributed by atoms with E-state index in [-0.39, 0.29) is 6.10 Å². The van der Waals surface area contributed by atoms with E-state index < -0.39 is 13.6 Å². The second kappa shape index (κ2) is 16.2. The lowest BCUT2D eigenvalue weighted by Gasteiger charge is -2.30. The molecule has 0 saturated carbocycles. The van der Waals surface area contributed by atoms with Crippen molar-refractivity contribution < 1.29 is 33.5 Å². The molecule has 0 amide bonds. The Morgan fingerprint density at radius 3 is 2.48 bits per heavy atom. The lowest BCUT2D eigenvalue weighted by Crippen LogP contribution is -2.34. The van der Waals surface area contributed by atoms with Gasteiger partial charge in [-0.05, 0) is 41.8 Å². The van der Waals surface area contributed by atoms with Crippen LogP contribution in [-0.4, -0.2) is 62.0 Å². The van der Waals surface area contributed by atoms with Crippen LogP contribution in [0.1, 0.15) is 16.7 Å². The smallest absolute Gasteiger partial charge is 0.466 e. The van der Waals surface area contributed by atoms with Gasteiger partial charge in [-0.1, -0.05) is 102 Å². The van der Waals surface area contributed by atoms with Crippen LogP contribution in [0.4, 0.5) is 0 Å². The van der Waals surface area contributed by atoms with Crippen molar-refractivity contribution in [2.75, 3.05) is 26.8 Å². The largest absolute Gasteiger partial charge is 0.490 e. The summed E-state index contributed by atoms with van der Waals surface area (Å²) in [6.45, 7) is 2.73. The second-order valence-corrected chi connectivity index (χ2v) is 13.1. The minimum absolute atomic E-state index is 0.309. The summed E-state index contributed by atoms with van der Waals surface area (Å²) in [5, 5.41) is 3.27. The number of hydrogen-bond acceptors (Lipinski definition) is 6. The van der Waals surface area contributed by atoms with E-state index in [9.17, 15) is 0 Å². The van der Waals surface area contributed by atoms with E-state index >= 15 is 0 Å². The maximum Gasteiger partial charge on any atom is 0.466 e. The molecule has 4 aromatic carbocycles. The fourth-order valence-electron chi connectivity index (χ4n) is 5.44. The van der Waals surface area contributed by atoms with Gasteiger partial charge in [-0.2, -0.15) is 0 Å². The number of imidazole rings is 1. The highest BCUT2D eigenvalue weighted by Crippen LogP contribution is 2.41. The molecule has 1 aliphatic rings. The van der Waals surface area contributed by atoms with Crippen LogP contribution in [0.15, 0.2) is 110 Å². The third kappa shape index (κ3) is 9.99. The van der Waals surface area contributed by atoms with Gasteiger partial charge < -0.3 is 33.5 Å². The van der Waals surface area contributed by atoms with Crippen LogP contribution in [0.5, 0.6) is 5.75 Å². The second-order valence-electron chi connectivity index (χ2n) is 11.3. The molecule has 1 aromatic heterocycles. The molecule has 0 spiro atoms. The number of aromatic nitrogens is 2. The highest BCUT2D eigenvalue weighted by atomic mass is 35.5. The molecule has 10 nitrogen and oxygen atoms in total. The van der Waals surface area contributed by atoms with Crippen molar-refractivity contribution in [1.29, 1.82) is 0 Å². The summed E-state index contributed by atoms with van der Waals surface area (Å²) in [5.41, 5.74) is 3.16. The lowest BCUT2D eigenvalue weighted by molar-refractivity contribution is -0.189. The standard InChI is InChI=1S/C35H33Cl2N3O3.H3O4P/c1-39(18-7-10-26-8-3-2-4-9-26)21-27-13-16-34(31-12-6-5-11-30(27)31)41-22-29-23-42-35(43-29,24-40-19-17-38-25-40)32-15-14-28(36)20-33(32)37;1-5(2,3)4/h2-17,19-20,25,29H,18,21-24H2,1H3;(H3,1,2,3,4)/b10-7+;. The zero-order valence-electron chi connectivity index (χ0n) is 26.1. The average molecular weight is 713 g/mol. The van der Waals surface area contributed by atoms with E-state index in [0.717, 1.165) is 24.2 Å². The third-order valence-corrected chi connectivity index (χ3v) is 8.06. The molecule has 48 heavy (non-hydrogen) atoms. The number of rotatable bonds is 11. The van der Waals surface area contributed by atoms with Crippen molar-refractivity contribution in [2.24, 2.45) is 0 Å². The number of ether oxygens (including phenoxy) is 3. The molecule has 0 radical (unpaired) electrons. The summed E-state index contributed by atoms with van der Waals surface area (Å²) >= 11 is 12.8. The Hall–Kier alpha value is -3.54. The molecule has 0 aliphatic carbocycles. The van der Waals surface area contributed by atoms with Crippen LogP contribution >= 0.6 is 31.0 Å². The van der Waals surface area contributed by atoms with Gasteiger partial charge in [-0.25, -0.2) is 9.55 Å². The lowest BCUT2D eigenvalue weighted by atomic mass is 10.0. The van der Waals surface area contributed by atoms with E-state index in [2.05, 4.69) is 83.7 Å². The van der Waals surface area contributed by atoms with Gasteiger partial charge in [0.2, 0.25) is 5.79 Å². The van der Waals surface area contributed by atoms with Gasteiger partial charge in [0.1, 0.15) is 18.5 Å². The molecule has 0 bridgehead atoms. The minimum Gasteiger partial charge on any atom is -0.490 e. The summed E-state index contributed by atoms with van der Waals surface area (Å²) in [4.78, 5) is 28.0. The van der Waals surface area contributed by atoms with E-state index in [1.54, 1.807) is 24.7 Å². The predicted molar refractivity (Wildman–Crippen MR) is 187 cm³/mol. The molecule has 2 heterocycles. The molecular weight excluding hydrogens is 676 g/mol. The first-order valence-corrected chi connectivity index (χ1v) is 17.4. The monoisotopic (exact) mass is 711 g/mol. The Morgan fingerprint density at radius 2 is 1.77 bits per heavy atom. The number of likely N-dealkylation sites (N-methyl/N-ethyl adjacent to an activating group) is 1. The number of nitrogens with zero attached hydrogens (tertiary/aromatic N) is 3. The first-order valence-electron chi connectivity index (χ1n) is 15.0. The maximum absolute atomic E-state index is 8.88. The molecule has 1 fully saturated rings. The summed E-state index contributed by atoms with van der Waals surface area (Å²) < 4.78 is 30.1. The van der Waals surface area contributed by atoms with Gasteiger partial charge in [0.15, 0.2) is 0 Å². The first kappa shape index (κ1) is 35.8. The number of fused-ring (bicyclic) bond motifs is 1. The summed E-state index contributed by atoms with van der Waals surface area (Å²) in [5.74, 6) is -0.284. The average Bonchev–Trinajstić information content (AvgIpc) is 3.71. The Labute approximate surface area is 289 Å². The SMILES string of the molecule is CN(C/C=C/c1ccccc1)Cc1ccc(OCC2COC(Cn3ccnc3)(c3ccc(Cl)cc3Cl)O2)c2ccccc12.O=P(O)(O)O. The molecule has 1 saturated heterocycles. The highest BCUT2D eigenvalue weighted by molar-refractivity contribution is 7.45. The van der Waals surface area contributed by atoms with Crippen LogP contribution in [-0.2, 0) is 32.9 Å². The fourth-order valence-corrected chi connectivity index (χ4v) is 6.00. The summed E-state index contributed by atoms with van der Waals surface area (Å²) in [6, 6.07) is 28.3. The van der Waals surface area contributed by atoms with E-state index in [1.807, 2.05) is 29.0 Å². The van der Waals surface area contributed by atoms with Gasteiger partial charge in [0.05, 0.1) is 24.5 Å². The van der Waals surface area contributed by atoms with E-state index in [1.165, 1.54) is 16.5 Å². The van der Waals surface area contributed by atoms with Gasteiger partial charge in [-0.15, -0.1) is 0 Å². The molecule has 13 heteroatoms. The zero-order valence-corrected chi connectivity index (χ0v) is 28.5. The van der Waals surface area contributed by atoms with E-state index in [0.29, 0.717) is 35.4 Å². The number of phosphoric acid groups is 1. The van der Waals surface area contributed by atoms with E-state index in [4.69, 9.17) is 56.7 Å². The molecule has 252 valence electrons. The van der Waals surface area contributed by atoms with Gasteiger partial charge in [0.25, 0.3) is 0 Å². The van der Waals surface area contributed by atoms with Crippen LogP contribution < -0.4 is 4.74 Å². The van der Waals surface area contributed by atoms with Crippen molar-refractivity contribution in [3.05, 3.63) is 136 Å². The van der Waals surface area contributed by atoms with Crippen molar-refractivity contribution in [3.8, 4) is 5.75 Å². The topological polar surface area (TPSA) is 127 Å². The van der Waals surface area contributed by atoms with Crippen molar-refractivity contribution in [3.63, 3.8) is 0 Å². The maximum atomic E-state index is 8.88. The molecule has 2 atom stereocenters. The summed E-state index contributed by atoms with van der Waals surface area (Å²) in [6.07, 6.45) is 9.37. The number of halogens is 2. The molecule has 6 rings (SSSR count). The Morgan fingerprint density at radius 1 is 1.04 bits per heavy atom. The van der Waals surface area contributed by atoms with Crippen LogP contribution in [0.25, 0.3) is 16.8 Å². The molecule has 5 aromatic rings. The minimum atomic E-state index is -4.64. The first-order chi connectivity index (χ1) is 23.0. The third-order valence-electron chi connectivity index (χ3n) is 7.52. The zero-order chi connectivity index (χ0) is 34.1. The van der Waals surface area contributed by atoms with Crippen molar-refractivity contribution >= 4 is 47.9 Å². The fraction of sp³-hybridized carbons (Fsp3) is 0.229. The molecular formula is C35H36Cl2N3O7P. The Bertz CT molecular complexity index is 1860. The van der Waals surface area contributed by atoms with Crippen LogP contribution in [0.2, 0.25) is 10.0 Å². The Balaban J connectivity index is 0.000000840. The van der Waals surface area contributed by atoms with Gasteiger partial charge in [0, 0.05) is 41.5 Å². The quantitative estimate of drug-likeness (QED) is 0.125. The Kier molecular flexibility index (Phi) is 12.1. The number of benzene rings is 4. The predicted octanol–water partition coefficient (Wildman–Crippen LogP) is 6.91. The summed E-state index contributed by atoms with van der Waals surface area (Å²) in [7, 11) is -2.51. The molecule has 1 aliphatic heterocycles. The normalized spacial score (nSPS) is 17.9. The molecule has 3 N–H and O–H groups in total. The van der Waals surface area contributed by atoms with Crippen LogP contribution in [0.3, 0.4) is 0 Å². The highest BCUT2D eigenvalue weighted by Gasteiger charge is 2.45. The molecule has 2 unspecified atom stereocenters.